The van der Waals surface area contributed by atoms with Crippen molar-refractivity contribution in [1.82, 2.24) is 0 Å². The highest BCUT2D eigenvalue weighted by Gasteiger charge is 2.08. The summed E-state index contributed by atoms with van der Waals surface area (Å²) >= 11 is 0. The van der Waals surface area contributed by atoms with E-state index in [0.29, 0.717) is 0 Å². The Hall–Kier alpha value is -1.66. The number of aryl methyl sites for hydroxylation is 1. The number of fused-ring (bicyclic) bond motifs is 1. The van der Waals surface area contributed by atoms with Crippen LogP contribution < -0.4 is 0 Å². The number of aliphatic imine (C=N–C) groups is 1. The maximum atomic E-state index is 10.1. The van der Waals surface area contributed by atoms with Crippen molar-refractivity contribution in [2.75, 3.05) is 0 Å². The quantitative estimate of drug-likeness (QED) is 0.471. The maximum absolute atomic E-state index is 10.1. The second kappa shape index (κ2) is 3.38. The van der Waals surface area contributed by atoms with Gasteiger partial charge in [0.05, 0.1) is 5.70 Å². The third kappa shape index (κ3) is 1.58. The normalized spacial score (nSPS) is 14.0. The molecule has 0 saturated carbocycles. The molecule has 0 spiro atoms. The van der Waals surface area contributed by atoms with Crippen molar-refractivity contribution >= 4 is 12.2 Å². The highest BCUT2D eigenvalue weighted by Crippen LogP contribution is 2.23. The molecule has 0 heterocycles. The molecule has 0 aromatic heterocycles. The van der Waals surface area contributed by atoms with Crippen molar-refractivity contribution in [3.05, 3.63) is 41.1 Å². The summed E-state index contributed by atoms with van der Waals surface area (Å²) in [6, 6.07) is 8.16. The van der Waals surface area contributed by atoms with Crippen LogP contribution in [0, 0.1) is 0 Å². The van der Waals surface area contributed by atoms with Crippen molar-refractivity contribution in [3.8, 4) is 0 Å². The van der Waals surface area contributed by atoms with Gasteiger partial charge < -0.3 is 0 Å². The van der Waals surface area contributed by atoms with Crippen molar-refractivity contribution < 1.29 is 4.79 Å². The van der Waals surface area contributed by atoms with Crippen LogP contribution in [0.15, 0.2) is 35.0 Å². The minimum Gasteiger partial charge on any atom is -0.211 e. The van der Waals surface area contributed by atoms with Gasteiger partial charge in [0.15, 0.2) is 0 Å². The van der Waals surface area contributed by atoms with Crippen LogP contribution in [0.4, 0.5) is 0 Å². The Labute approximate surface area is 76.6 Å². The van der Waals surface area contributed by atoms with Gasteiger partial charge in [-0.25, -0.2) is 4.79 Å². The van der Waals surface area contributed by atoms with Gasteiger partial charge in [-0.3, -0.25) is 0 Å². The lowest BCUT2D eigenvalue weighted by atomic mass is 9.96. The summed E-state index contributed by atoms with van der Waals surface area (Å²) in [5.74, 6) is 0. The SMILES string of the molecule is O=C=NC1=Cc2ccccc2CC1. The third-order valence-electron chi connectivity index (χ3n) is 2.22. The summed E-state index contributed by atoms with van der Waals surface area (Å²) in [5.41, 5.74) is 3.32. The number of hydrogen-bond acceptors (Lipinski definition) is 2. The molecule has 0 amide bonds. The van der Waals surface area contributed by atoms with E-state index in [2.05, 4.69) is 11.1 Å². The van der Waals surface area contributed by atoms with E-state index < -0.39 is 0 Å². The number of isocyanates is 1. The van der Waals surface area contributed by atoms with E-state index in [1.807, 2.05) is 24.3 Å². The summed E-state index contributed by atoms with van der Waals surface area (Å²) in [7, 11) is 0. The van der Waals surface area contributed by atoms with E-state index in [0.717, 1.165) is 18.5 Å². The van der Waals surface area contributed by atoms with Crippen LogP contribution >= 0.6 is 0 Å². The molecular formula is C11H9NO. The average molecular weight is 171 g/mol. The zero-order chi connectivity index (χ0) is 9.10. The van der Waals surface area contributed by atoms with Gasteiger partial charge in [0.1, 0.15) is 0 Å². The molecule has 0 fully saturated rings. The van der Waals surface area contributed by atoms with E-state index in [-0.39, 0.29) is 0 Å². The van der Waals surface area contributed by atoms with Gasteiger partial charge in [0.2, 0.25) is 6.08 Å². The molecule has 0 saturated heterocycles. The topological polar surface area (TPSA) is 29.4 Å². The van der Waals surface area contributed by atoms with Gasteiger partial charge in [-0.15, -0.1) is 0 Å². The summed E-state index contributed by atoms with van der Waals surface area (Å²) in [5, 5.41) is 0. The van der Waals surface area contributed by atoms with Crippen LogP contribution in [-0.2, 0) is 11.2 Å². The lowest BCUT2D eigenvalue weighted by molar-refractivity contribution is 0.564. The van der Waals surface area contributed by atoms with Gasteiger partial charge in [-0.05, 0) is 30.0 Å². The van der Waals surface area contributed by atoms with Crippen LogP contribution in [0.3, 0.4) is 0 Å². The van der Waals surface area contributed by atoms with Gasteiger partial charge in [0, 0.05) is 0 Å². The molecule has 1 aromatic carbocycles. The minimum atomic E-state index is 0.828. The van der Waals surface area contributed by atoms with Crippen LogP contribution in [0.25, 0.3) is 6.08 Å². The van der Waals surface area contributed by atoms with Crippen molar-refractivity contribution in [3.63, 3.8) is 0 Å². The standard InChI is InChI=1S/C11H9NO/c13-8-12-11-6-5-9-3-1-2-4-10(9)7-11/h1-4,7H,5-6H2. The maximum Gasteiger partial charge on any atom is 0.240 e. The minimum absolute atomic E-state index is 0.828. The first kappa shape index (κ1) is 7.96. The zero-order valence-corrected chi connectivity index (χ0v) is 7.16. The molecule has 0 radical (unpaired) electrons. The van der Waals surface area contributed by atoms with Crippen molar-refractivity contribution in [1.29, 1.82) is 0 Å². The van der Waals surface area contributed by atoms with Crippen LogP contribution in [0.5, 0.6) is 0 Å². The Morgan fingerprint density at radius 2 is 2.08 bits per heavy atom. The molecule has 1 aliphatic carbocycles. The molecule has 0 unspecified atom stereocenters. The fourth-order valence-corrected chi connectivity index (χ4v) is 1.56. The Morgan fingerprint density at radius 1 is 1.23 bits per heavy atom. The van der Waals surface area contributed by atoms with E-state index in [1.54, 1.807) is 6.08 Å². The highest BCUT2D eigenvalue weighted by molar-refractivity contribution is 5.60. The average Bonchev–Trinajstić information content (AvgIpc) is 2.18. The number of benzene rings is 1. The second-order valence-corrected chi connectivity index (χ2v) is 3.04. The molecule has 2 nitrogen and oxygen atoms in total. The molecule has 2 rings (SSSR count). The molecule has 13 heavy (non-hydrogen) atoms. The molecule has 1 aliphatic rings. The summed E-state index contributed by atoms with van der Waals surface area (Å²) in [4.78, 5) is 13.7. The fourth-order valence-electron chi connectivity index (χ4n) is 1.56. The Balaban J connectivity index is 2.43. The van der Waals surface area contributed by atoms with Crippen LogP contribution in [0.2, 0.25) is 0 Å². The first-order valence-corrected chi connectivity index (χ1v) is 4.26. The Morgan fingerprint density at radius 3 is 2.92 bits per heavy atom. The van der Waals surface area contributed by atoms with Gasteiger partial charge in [0.25, 0.3) is 0 Å². The lowest BCUT2D eigenvalue weighted by Crippen LogP contribution is -1.96. The van der Waals surface area contributed by atoms with Gasteiger partial charge >= 0.3 is 0 Å². The Kier molecular flexibility index (Phi) is 2.07. The van der Waals surface area contributed by atoms with Crippen molar-refractivity contribution in [2.24, 2.45) is 4.99 Å². The van der Waals surface area contributed by atoms with E-state index >= 15 is 0 Å². The number of carbonyl (C=O) groups excluding carboxylic acids is 1. The van der Waals surface area contributed by atoms with E-state index in [9.17, 15) is 4.79 Å². The molecule has 0 aliphatic heterocycles. The lowest BCUT2D eigenvalue weighted by Gasteiger charge is -2.11. The molecule has 64 valence electrons. The smallest absolute Gasteiger partial charge is 0.211 e. The largest absolute Gasteiger partial charge is 0.240 e. The molecule has 0 bridgehead atoms. The van der Waals surface area contributed by atoms with Crippen LogP contribution in [-0.4, -0.2) is 6.08 Å². The number of nitrogens with zero attached hydrogens (tertiary/aromatic N) is 1. The summed E-state index contributed by atoms with van der Waals surface area (Å²) < 4.78 is 0. The van der Waals surface area contributed by atoms with Crippen LogP contribution in [0.1, 0.15) is 17.5 Å². The second-order valence-electron chi connectivity index (χ2n) is 3.04. The first-order valence-electron chi connectivity index (χ1n) is 4.26. The zero-order valence-electron chi connectivity index (χ0n) is 7.16. The molecule has 0 atom stereocenters. The molecular weight excluding hydrogens is 162 g/mol. The van der Waals surface area contributed by atoms with Crippen molar-refractivity contribution in [2.45, 2.75) is 12.8 Å². The fraction of sp³-hybridized carbons (Fsp3) is 0.182. The number of hydrogen-bond donors (Lipinski definition) is 0. The molecule has 1 aromatic rings. The predicted molar refractivity (Wildman–Crippen MR) is 50.9 cm³/mol. The highest BCUT2D eigenvalue weighted by atomic mass is 16.1. The molecule has 2 heteroatoms. The summed E-state index contributed by atoms with van der Waals surface area (Å²) in [6.45, 7) is 0. The number of rotatable bonds is 1. The third-order valence-corrected chi connectivity index (χ3v) is 2.22. The first-order chi connectivity index (χ1) is 6.40. The van der Waals surface area contributed by atoms with Gasteiger partial charge in [-0.2, -0.15) is 4.99 Å². The number of allylic oxidation sites excluding steroid dienone is 1. The van der Waals surface area contributed by atoms with Gasteiger partial charge in [-0.1, -0.05) is 24.3 Å². The van der Waals surface area contributed by atoms with E-state index in [1.165, 1.54) is 11.1 Å². The van der Waals surface area contributed by atoms with E-state index in [4.69, 9.17) is 0 Å². The Bertz CT molecular complexity index is 400. The predicted octanol–water partition coefficient (Wildman–Crippen LogP) is 2.31. The summed E-state index contributed by atoms with van der Waals surface area (Å²) in [6.07, 6.45) is 5.33. The monoisotopic (exact) mass is 171 g/mol. The molecule has 0 N–H and O–H groups in total.